The maximum atomic E-state index is 13.6. The molecule has 0 radical (unpaired) electrons. The van der Waals surface area contributed by atoms with E-state index in [4.69, 9.17) is 4.84 Å². The van der Waals surface area contributed by atoms with E-state index in [1.54, 1.807) is 39.1 Å². The molecule has 186 valence electrons. The minimum Gasteiger partial charge on any atom is -0.364 e. The highest BCUT2D eigenvalue weighted by atomic mass is 16.7. The fourth-order valence-electron chi connectivity index (χ4n) is 5.74. The Morgan fingerprint density at radius 2 is 1.64 bits per heavy atom. The number of benzene rings is 2. The molecule has 0 bridgehead atoms. The summed E-state index contributed by atoms with van der Waals surface area (Å²) < 4.78 is 0. The molecule has 5 rings (SSSR count). The summed E-state index contributed by atoms with van der Waals surface area (Å²) in [4.78, 5) is 48.4. The summed E-state index contributed by atoms with van der Waals surface area (Å²) in [6.07, 6.45) is 2.16. The fraction of sp³-hybridized carbons (Fsp3) is 0.429. The lowest BCUT2D eigenvalue weighted by molar-refractivity contribution is -0.152. The molecule has 3 aliphatic rings. The molecule has 1 unspecified atom stereocenters. The molecule has 0 N–H and O–H groups in total. The van der Waals surface area contributed by atoms with Gasteiger partial charge in [0.15, 0.2) is 0 Å². The van der Waals surface area contributed by atoms with E-state index in [9.17, 15) is 19.6 Å². The van der Waals surface area contributed by atoms with Crippen LogP contribution in [0.5, 0.6) is 0 Å². The molecule has 0 aliphatic carbocycles. The van der Waals surface area contributed by atoms with Gasteiger partial charge in [0.2, 0.25) is 11.8 Å². The minimum atomic E-state index is -0.491. The van der Waals surface area contributed by atoms with Crippen LogP contribution in [0.3, 0.4) is 0 Å². The van der Waals surface area contributed by atoms with E-state index in [1.165, 1.54) is 0 Å². The second-order valence-corrected chi connectivity index (χ2v) is 9.76. The van der Waals surface area contributed by atoms with Gasteiger partial charge in [-0.2, -0.15) is 5.26 Å². The van der Waals surface area contributed by atoms with Gasteiger partial charge in [-0.3, -0.25) is 9.59 Å². The molecule has 3 saturated heterocycles. The number of carbonyl (C=O) groups excluding carboxylic acids is 3. The number of hydroxylamine groups is 2. The van der Waals surface area contributed by atoms with Crippen LogP contribution in [0.25, 0.3) is 0 Å². The van der Waals surface area contributed by atoms with Gasteiger partial charge < -0.3 is 14.6 Å². The zero-order chi connectivity index (χ0) is 25.1. The van der Waals surface area contributed by atoms with Gasteiger partial charge in [-0.25, -0.2) is 4.79 Å². The third-order valence-electron chi connectivity index (χ3n) is 7.61. The van der Waals surface area contributed by atoms with Crippen LogP contribution in [-0.2, 0) is 14.4 Å². The van der Waals surface area contributed by atoms with E-state index in [-0.39, 0.29) is 42.7 Å². The zero-order valence-electron chi connectivity index (χ0n) is 20.2. The summed E-state index contributed by atoms with van der Waals surface area (Å²) in [5.41, 5.74) is 1.53. The number of amides is 2. The number of hydrogen-bond acceptors (Lipinski definition) is 6. The summed E-state index contributed by atoms with van der Waals surface area (Å²) in [6.45, 7) is 1.68. The Morgan fingerprint density at radius 1 is 0.917 bits per heavy atom. The Bertz CT molecular complexity index is 1150. The van der Waals surface area contributed by atoms with Crippen LogP contribution in [-0.4, -0.2) is 70.9 Å². The first-order valence-electron chi connectivity index (χ1n) is 12.6. The predicted molar refractivity (Wildman–Crippen MR) is 131 cm³/mol. The Morgan fingerprint density at radius 3 is 2.36 bits per heavy atom. The van der Waals surface area contributed by atoms with Gasteiger partial charge in [0, 0.05) is 44.6 Å². The normalized spacial score (nSPS) is 26.6. The molecule has 8 heteroatoms. The molecule has 0 saturated carbocycles. The number of likely N-dealkylation sites (tertiary alicyclic amines) is 1. The van der Waals surface area contributed by atoms with E-state index in [0.29, 0.717) is 38.0 Å². The van der Waals surface area contributed by atoms with Crippen LogP contribution >= 0.6 is 0 Å². The number of hydrogen-bond donors (Lipinski definition) is 0. The molecule has 0 spiro atoms. The lowest BCUT2D eigenvalue weighted by Gasteiger charge is -2.35. The lowest BCUT2D eigenvalue weighted by atomic mass is 9.90. The third-order valence-corrected chi connectivity index (χ3v) is 7.61. The standard InChI is InChI=1S/C28H30N4O4/c29-17-22-18-30(19-24(22)20-7-3-1-4-8-20)27(34)25-12-11-23-13-15-31(16-14-26(33)32(23)25)36-28(35)21-9-5-2-6-10-21/h1-10,22-25H,11-16,18-19H2/t22-,23-,24?,25+/m1/s1. The fourth-order valence-corrected chi connectivity index (χ4v) is 5.74. The molecular formula is C28H30N4O4. The molecule has 2 aromatic rings. The van der Waals surface area contributed by atoms with Gasteiger partial charge >= 0.3 is 5.97 Å². The van der Waals surface area contributed by atoms with Crippen LogP contribution in [0.2, 0.25) is 0 Å². The Hall–Kier alpha value is -3.70. The van der Waals surface area contributed by atoms with Gasteiger partial charge in [-0.1, -0.05) is 48.5 Å². The molecular weight excluding hydrogens is 456 g/mol. The van der Waals surface area contributed by atoms with Crippen LogP contribution in [0, 0.1) is 17.2 Å². The topological polar surface area (TPSA) is 94.0 Å². The second-order valence-electron chi connectivity index (χ2n) is 9.76. The number of fused-ring (bicyclic) bond motifs is 1. The third kappa shape index (κ3) is 4.84. The van der Waals surface area contributed by atoms with E-state index in [2.05, 4.69) is 6.07 Å². The van der Waals surface area contributed by atoms with Crippen LogP contribution in [0.15, 0.2) is 60.7 Å². The summed E-state index contributed by atoms with van der Waals surface area (Å²) in [7, 11) is 0. The maximum Gasteiger partial charge on any atom is 0.357 e. The van der Waals surface area contributed by atoms with Crippen molar-refractivity contribution in [3.8, 4) is 6.07 Å². The first-order chi connectivity index (χ1) is 17.5. The first-order valence-corrected chi connectivity index (χ1v) is 12.6. The van der Waals surface area contributed by atoms with E-state index < -0.39 is 12.0 Å². The Balaban J connectivity index is 1.23. The molecule has 2 aromatic carbocycles. The molecule has 3 heterocycles. The van der Waals surface area contributed by atoms with Crippen molar-refractivity contribution in [1.82, 2.24) is 14.9 Å². The van der Waals surface area contributed by atoms with Gasteiger partial charge in [0.25, 0.3) is 0 Å². The highest BCUT2D eigenvalue weighted by Gasteiger charge is 2.46. The van der Waals surface area contributed by atoms with Crippen molar-refractivity contribution in [2.24, 2.45) is 5.92 Å². The largest absolute Gasteiger partial charge is 0.364 e. The number of nitrogens with zero attached hydrogens (tertiary/aromatic N) is 4. The zero-order valence-corrected chi connectivity index (χ0v) is 20.2. The number of rotatable bonds is 4. The molecule has 4 atom stereocenters. The highest BCUT2D eigenvalue weighted by molar-refractivity contribution is 5.90. The monoisotopic (exact) mass is 486 g/mol. The van der Waals surface area contributed by atoms with Crippen molar-refractivity contribution in [2.45, 2.75) is 43.7 Å². The van der Waals surface area contributed by atoms with E-state index >= 15 is 0 Å². The maximum absolute atomic E-state index is 13.6. The van der Waals surface area contributed by atoms with Gasteiger partial charge in [0.1, 0.15) is 6.04 Å². The predicted octanol–water partition coefficient (Wildman–Crippen LogP) is 2.98. The Kier molecular flexibility index (Phi) is 7.01. The van der Waals surface area contributed by atoms with Crippen molar-refractivity contribution in [2.75, 3.05) is 26.2 Å². The molecule has 3 aliphatic heterocycles. The van der Waals surface area contributed by atoms with Crippen molar-refractivity contribution < 1.29 is 19.2 Å². The summed E-state index contributed by atoms with van der Waals surface area (Å²) in [5, 5.41) is 11.3. The van der Waals surface area contributed by atoms with Crippen LogP contribution < -0.4 is 0 Å². The highest BCUT2D eigenvalue weighted by Crippen LogP contribution is 2.35. The molecule has 8 nitrogen and oxygen atoms in total. The quantitative estimate of drug-likeness (QED) is 0.660. The van der Waals surface area contributed by atoms with Crippen molar-refractivity contribution in [1.29, 1.82) is 5.26 Å². The summed E-state index contributed by atoms with van der Waals surface area (Å²) >= 11 is 0. The average molecular weight is 487 g/mol. The molecule has 0 aromatic heterocycles. The number of carbonyl (C=O) groups is 3. The lowest BCUT2D eigenvalue weighted by Crippen LogP contribution is -2.52. The molecule has 2 amide bonds. The van der Waals surface area contributed by atoms with Crippen molar-refractivity contribution in [3.05, 3.63) is 71.8 Å². The first kappa shape index (κ1) is 24.0. The van der Waals surface area contributed by atoms with E-state index in [1.807, 2.05) is 36.4 Å². The minimum absolute atomic E-state index is 0.0201. The van der Waals surface area contributed by atoms with Crippen molar-refractivity contribution in [3.63, 3.8) is 0 Å². The van der Waals surface area contributed by atoms with Gasteiger partial charge in [-0.05, 0) is 37.0 Å². The number of nitriles is 1. The summed E-state index contributed by atoms with van der Waals surface area (Å²) in [6, 6.07) is 20.5. The van der Waals surface area contributed by atoms with E-state index in [0.717, 1.165) is 12.0 Å². The smallest absolute Gasteiger partial charge is 0.357 e. The molecule has 36 heavy (non-hydrogen) atoms. The Labute approximate surface area is 211 Å². The van der Waals surface area contributed by atoms with Crippen LogP contribution in [0.4, 0.5) is 0 Å². The van der Waals surface area contributed by atoms with Crippen molar-refractivity contribution >= 4 is 17.8 Å². The van der Waals surface area contributed by atoms with Crippen LogP contribution in [0.1, 0.15) is 47.5 Å². The second kappa shape index (κ2) is 10.5. The SMILES string of the molecule is N#C[C@@H]1CN(C(=O)[C@@H]2CC[C@@H]3CCN(OC(=O)c4ccccc4)CCC(=O)N32)CC1c1ccccc1. The van der Waals surface area contributed by atoms with Gasteiger partial charge in [0.05, 0.1) is 17.6 Å². The average Bonchev–Trinajstić information content (AvgIpc) is 3.54. The molecule has 3 fully saturated rings. The van der Waals surface area contributed by atoms with Gasteiger partial charge in [-0.15, -0.1) is 5.06 Å². The summed E-state index contributed by atoms with van der Waals surface area (Å²) in [5.74, 6) is -0.865.